The minimum atomic E-state index is -0.126. The first-order valence-corrected chi connectivity index (χ1v) is 6.78. The Kier molecular flexibility index (Phi) is 4.52. The molecule has 1 aromatic carbocycles. The Hall–Kier alpha value is -2.43. The number of nitrogens with zero attached hydrogens (tertiary/aromatic N) is 4. The zero-order valence-electron chi connectivity index (χ0n) is 12.9. The minimum absolute atomic E-state index is 0.126. The van der Waals surface area contributed by atoms with Crippen LogP contribution >= 0.6 is 0 Å². The first-order chi connectivity index (χ1) is 9.97. The summed E-state index contributed by atoms with van der Waals surface area (Å²) in [5, 5.41) is 0. The van der Waals surface area contributed by atoms with Crippen molar-refractivity contribution >= 4 is 11.6 Å². The van der Waals surface area contributed by atoms with Crippen LogP contribution in [0.15, 0.2) is 36.7 Å². The van der Waals surface area contributed by atoms with Crippen LogP contribution in [0.2, 0.25) is 0 Å². The van der Waals surface area contributed by atoms with E-state index in [9.17, 15) is 4.79 Å². The molecule has 0 unspecified atom stereocenters. The Morgan fingerprint density at radius 1 is 1.05 bits per heavy atom. The molecular formula is C16H20N4O. The van der Waals surface area contributed by atoms with Gasteiger partial charge in [0.25, 0.3) is 5.91 Å². The summed E-state index contributed by atoms with van der Waals surface area (Å²) in [7, 11) is 5.77. The van der Waals surface area contributed by atoms with Gasteiger partial charge in [0, 0.05) is 39.6 Å². The summed E-state index contributed by atoms with van der Waals surface area (Å²) >= 11 is 0. The lowest BCUT2D eigenvalue weighted by Gasteiger charge is -2.18. The van der Waals surface area contributed by atoms with Gasteiger partial charge < -0.3 is 9.80 Å². The van der Waals surface area contributed by atoms with Crippen molar-refractivity contribution in [2.45, 2.75) is 13.5 Å². The smallest absolute Gasteiger partial charge is 0.274 e. The number of rotatable bonds is 4. The van der Waals surface area contributed by atoms with E-state index in [-0.39, 0.29) is 5.91 Å². The van der Waals surface area contributed by atoms with Crippen LogP contribution in [0.4, 0.5) is 5.69 Å². The molecule has 0 atom stereocenters. The van der Waals surface area contributed by atoms with Crippen LogP contribution in [0.3, 0.4) is 0 Å². The maximum atomic E-state index is 12.3. The third-order valence-corrected chi connectivity index (χ3v) is 3.22. The molecule has 0 aliphatic carbocycles. The lowest BCUT2D eigenvalue weighted by Crippen LogP contribution is -2.27. The highest BCUT2D eigenvalue weighted by Crippen LogP contribution is 2.14. The highest BCUT2D eigenvalue weighted by molar-refractivity contribution is 5.91. The summed E-state index contributed by atoms with van der Waals surface area (Å²) in [6.07, 6.45) is 3.12. The third-order valence-electron chi connectivity index (χ3n) is 3.22. The molecule has 0 saturated carbocycles. The van der Waals surface area contributed by atoms with E-state index in [2.05, 4.69) is 9.97 Å². The predicted molar refractivity (Wildman–Crippen MR) is 83.3 cm³/mol. The van der Waals surface area contributed by atoms with Gasteiger partial charge in [0.1, 0.15) is 5.69 Å². The van der Waals surface area contributed by atoms with Crippen LogP contribution < -0.4 is 4.90 Å². The molecule has 0 spiro atoms. The zero-order chi connectivity index (χ0) is 15.4. The van der Waals surface area contributed by atoms with Crippen LogP contribution in [0.5, 0.6) is 0 Å². The molecule has 110 valence electrons. The van der Waals surface area contributed by atoms with Gasteiger partial charge >= 0.3 is 0 Å². The molecule has 2 aromatic rings. The van der Waals surface area contributed by atoms with Gasteiger partial charge in [-0.1, -0.05) is 12.1 Å². The maximum Gasteiger partial charge on any atom is 0.274 e. The standard InChI is InChI=1S/C16H20N4O/c1-12-9-18-15(10-17-12)16(21)20(4)11-13-5-7-14(8-6-13)19(2)3/h5-10H,11H2,1-4H3. The topological polar surface area (TPSA) is 49.3 Å². The highest BCUT2D eigenvalue weighted by atomic mass is 16.2. The molecule has 0 bridgehead atoms. The van der Waals surface area contributed by atoms with Crippen molar-refractivity contribution < 1.29 is 4.79 Å². The molecule has 0 fully saturated rings. The van der Waals surface area contributed by atoms with Crippen molar-refractivity contribution in [2.24, 2.45) is 0 Å². The van der Waals surface area contributed by atoms with Gasteiger partial charge in [-0.25, -0.2) is 4.98 Å². The van der Waals surface area contributed by atoms with E-state index in [1.54, 1.807) is 18.1 Å². The van der Waals surface area contributed by atoms with Gasteiger partial charge in [0.2, 0.25) is 0 Å². The molecule has 1 amide bonds. The third kappa shape index (κ3) is 3.78. The van der Waals surface area contributed by atoms with Gasteiger partial charge in [0.05, 0.1) is 11.9 Å². The van der Waals surface area contributed by atoms with Crippen molar-refractivity contribution in [2.75, 3.05) is 26.0 Å². The lowest BCUT2D eigenvalue weighted by molar-refractivity contribution is 0.0779. The first kappa shape index (κ1) is 15.0. The average molecular weight is 284 g/mol. The number of hydrogen-bond acceptors (Lipinski definition) is 4. The van der Waals surface area contributed by atoms with Crippen molar-refractivity contribution in [3.63, 3.8) is 0 Å². The van der Waals surface area contributed by atoms with Crippen LogP contribution in [0.1, 0.15) is 21.7 Å². The molecule has 0 N–H and O–H groups in total. The van der Waals surface area contributed by atoms with Crippen LogP contribution in [0, 0.1) is 6.92 Å². The molecular weight excluding hydrogens is 264 g/mol. The molecule has 2 rings (SSSR count). The summed E-state index contributed by atoms with van der Waals surface area (Å²) in [6, 6.07) is 8.14. The van der Waals surface area contributed by atoms with Gasteiger partial charge in [0.15, 0.2) is 0 Å². The Morgan fingerprint density at radius 2 is 1.71 bits per heavy atom. The van der Waals surface area contributed by atoms with Gasteiger partial charge in [-0.3, -0.25) is 9.78 Å². The van der Waals surface area contributed by atoms with Crippen LogP contribution in [0.25, 0.3) is 0 Å². The van der Waals surface area contributed by atoms with E-state index >= 15 is 0 Å². The Balaban J connectivity index is 2.05. The molecule has 0 saturated heterocycles. The molecule has 0 radical (unpaired) electrons. The summed E-state index contributed by atoms with van der Waals surface area (Å²) in [5.41, 5.74) is 3.38. The van der Waals surface area contributed by atoms with Crippen LogP contribution in [-0.4, -0.2) is 41.9 Å². The number of benzene rings is 1. The summed E-state index contributed by atoms with van der Waals surface area (Å²) in [5.74, 6) is -0.126. The molecule has 21 heavy (non-hydrogen) atoms. The average Bonchev–Trinajstić information content (AvgIpc) is 2.47. The number of carbonyl (C=O) groups excluding carboxylic acids is 1. The largest absolute Gasteiger partial charge is 0.378 e. The molecule has 0 aliphatic rings. The van der Waals surface area contributed by atoms with Gasteiger partial charge in [-0.2, -0.15) is 0 Å². The fourth-order valence-electron chi connectivity index (χ4n) is 1.94. The molecule has 5 nitrogen and oxygen atoms in total. The van der Waals surface area contributed by atoms with Crippen molar-refractivity contribution in [1.82, 2.24) is 14.9 Å². The van der Waals surface area contributed by atoms with Crippen molar-refractivity contribution in [1.29, 1.82) is 0 Å². The highest BCUT2D eigenvalue weighted by Gasteiger charge is 2.13. The number of aryl methyl sites for hydroxylation is 1. The van der Waals surface area contributed by atoms with E-state index < -0.39 is 0 Å². The second-order valence-corrected chi connectivity index (χ2v) is 5.27. The lowest BCUT2D eigenvalue weighted by atomic mass is 10.2. The Bertz CT molecular complexity index is 605. The zero-order valence-corrected chi connectivity index (χ0v) is 12.9. The van der Waals surface area contributed by atoms with Gasteiger partial charge in [-0.05, 0) is 24.6 Å². The van der Waals surface area contributed by atoms with Crippen molar-refractivity contribution in [3.8, 4) is 0 Å². The quantitative estimate of drug-likeness (QED) is 0.863. The number of anilines is 1. The maximum absolute atomic E-state index is 12.3. The number of carbonyl (C=O) groups is 1. The van der Waals surface area contributed by atoms with E-state index in [0.29, 0.717) is 12.2 Å². The van der Waals surface area contributed by atoms with E-state index in [1.807, 2.05) is 50.2 Å². The van der Waals surface area contributed by atoms with Gasteiger partial charge in [-0.15, -0.1) is 0 Å². The number of aromatic nitrogens is 2. The Morgan fingerprint density at radius 3 is 2.24 bits per heavy atom. The van der Waals surface area contributed by atoms with E-state index in [4.69, 9.17) is 0 Å². The fourth-order valence-corrected chi connectivity index (χ4v) is 1.94. The summed E-state index contributed by atoms with van der Waals surface area (Å²) in [4.78, 5) is 24.2. The summed E-state index contributed by atoms with van der Waals surface area (Å²) in [6.45, 7) is 2.39. The fraction of sp³-hybridized carbons (Fsp3) is 0.312. The second-order valence-electron chi connectivity index (χ2n) is 5.27. The predicted octanol–water partition coefficient (Wildman–Crippen LogP) is 2.12. The van der Waals surface area contributed by atoms with Crippen molar-refractivity contribution in [3.05, 3.63) is 53.6 Å². The second kappa shape index (κ2) is 6.35. The number of amides is 1. The number of hydrogen-bond donors (Lipinski definition) is 0. The van der Waals surface area contributed by atoms with E-state index in [1.165, 1.54) is 6.20 Å². The summed E-state index contributed by atoms with van der Waals surface area (Å²) < 4.78 is 0. The first-order valence-electron chi connectivity index (χ1n) is 6.78. The SMILES string of the molecule is Cc1cnc(C(=O)N(C)Cc2ccc(N(C)C)cc2)cn1. The molecule has 5 heteroatoms. The molecule has 1 aromatic heterocycles. The minimum Gasteiger partial charge on any atom is -0.378 e. The monoisotopic (exact) mass is 284 g/mol. The normalized spacial score (nSPS) is 10.3. The van der Waals surface area contributed by atoms with Crippen LogP contribution in [-0.2, 0) is 6.54 Å². The van der Waals surface area contributed by atoms with E-state index in [0.717, 1.165) is 16.9 Å². The Labute approximate surface area is 125 Å². The molecule has 0 aliphatic heterocycles. The molecule has 1 heterocycles.